The molecule has 244 valence electrons. The Kier molecular flexibility index (Phi) is 9.25. The summed E-state index contributed by atoms with van der Waals surface area (Å²) in [5, 5.41) is 0. The molecule has 2 aliphatic rings. The van der Waals surface area contributed by atoms with E-state index in [4.69, 9.17) is 0 Å². The lowest BCUT2D eigenvalue weighted by molar-refractivity contribution is 0.686. The first-order chi connectivity index (χ1) is 24.8. The van der Waals surface area contributed by atoms with Crippen molar-refractivity contribution < 1.29 is 0 Å². The first-order valence-electron chi connectivity index (χ1n) is 18.0. The molecule has 0 aliphatic heterocycles. The molecule has 6 aromatic carbocycles. The summed E-state index contributed by atoms with van der Waals surface area (Å²) in [5.41, 5.74) is 14.7. The first kappa shape index (κ1) is 31.4. The van der Waals surface area contributed by atoms with Crippen LogP contribution in [0.3, 0.4) is 0 Å². The molecule has 0 radical (unpaired) electrons. The van der Waals surface area contributed by atoms with Gasteiger partial charge in [-0.3, -0.25) is 0 Å². The Morgan fingerprint density at radius 1 is 0.340 bits per heavy atom. The quantitative estimate of drug-likeness (QED) is 0.154. The highest BCUT2D eigenvalue weighted by Crippen LogP contribution is 2.37. The number of hydrogen-bond acceptors (Lipinski definition) is 2. The Labute approximate surface area is 297 Å². The molecule has 2 nitrogen and oxygen atoms in total. The van der Waals surface area contributed by atoms with Crippen LogP contribution in [-0.4, -0.2) is 0 Å². The van der Waals surface area contributed by atoms with Crippen LogP contribution in [-0.2, 0) is 0 Å². The Morgan fingerprint density at radius 2 is 0.760 bits per heavy atom. The van der Waals surface area contributed by atoms with E-state index in [1.165, 1.54) is 69.7 Å². The van der Waals surface area contributed by atoms with E-state index in [1.54, 1.807) is 0 Å². The number of benzene rings is 6. The van der Waals surface area contributed by atoms with Crippen molar-refractivity contribution >= 4 is 22.7 Å². The highest BCUT2D eigenvalue weighted by molar-refractivity contribution is 5.79. The largest absolute Gasteiger partial charge is 0.315 e. The molecule has 0 saturated carbocycles. The maximum Gasteiger partial charge on any atom is 0.0462 e. The molecule has 8 rings (SSSR count). The van der Waals surface area contributed by atoms with E-state index in [9.17, 15) is 0 Å². The van der Waals surface area contributed by atoms with Gasteiger partial charge in [-0.25, -0.2) is 0 Å². The summed E-state index contributed by atoms with van der Waals surface area (Å²) in [6.45, 7) is 0. The average molecular weight is 647 g/mol. The van der Waals surface area contributed by atoms with Gasteiger partial charge in [-0.05, 0) is 127 Å². The lowest BCUT2D eigenvalue weighted by Crippen LogP contribution is -2.22. The van der Waals surface area contributed by atoms with Gasteiger partial charge in [-0.15, -0.1) is 0 Å². The van der Waals surface area contributed by atoms with Crippen LogP contribution < -0.4 is 9.80 Å². The van der Waals surface area contributed by atoms with E-state index < -0.39 is 0 Å². The van der Waals surface area contributed by atoms with Gasteiger partial charge >= 0.3 is 0 Å². The fourth-order valence-corrected chi connectivity index (χ4v) is 7.19. The number of allylic oxidation sites excluding steroid dienone is 5. The second-order valence-corrected chi connectivity index (χ2v) is 13.1. The molecule has 0 bridgehead atoms. The maximum atomic E-state index is 2.48. The second-order valence-electron chi connectivity index (χ2n) is 13.1. The molecule has 0 aromatic heterocycles. The van der Waals surface area contributed by atoms with Crippen molar-refractivity contribution in [2.45, 2.75) is 38.5 Å². The van der Waals surface area contributed by atoms with E-state index >= 15 is 0 Å². The summed E-state index contributed by atoms with van der Waals surface area (Å²) in [6, 6.07) is 57.0. The van der Waals surface area contributed by atoms with E-state index in [0.717, 1.165) is 36.3 Å². The highest BCUT2D eigenvalue weighted by Gasteiger charge is 2.18. The third-order valence-electron chi connectivity index (χ3n) is 9.84. The van der Waals surface area contributed by atoms with Crippen molar-refractivity contribution in [3.63, 3.8) is 0 Å². The zero-order chi connectivity index (χ0) is 33.5. The van der Waals surface area contributed by atoms with Gasteiger partial charge in [0.1, 0.15) is 0 Å². The third-order valence-corrected chi connectivity index (χ3v) is 9.84. The van der Waals surface area contributed by atoms with Crippen LogP contribution in [0.1, 0.15) is 38.5 Å². The Bertz CT molecular complexity index is 2070. The Morgan fingerprint density at radius 3 is 1.16 bits per heavy atom. The molecule has 0 N–H and O–H groups in total. The molecule has 0 amide bonds. The molecule has 0 unspecified atom stereocenters. The van der Waals surface area contributed by atoms with Gasteiger partial charge in [0, 0.05) is 34.1 Å². The van der Waals surface area contributed by atoms with Crippen molar-refractivity contribution in [3.8, 4) is 33.4 Å². The van der Waals surface area contributed by atoms with Crippen LogP contribution in [0.2, 0.25) is 0 Å². The van der Waals surface area contributed by atoms with Crippen LogP contribution in [0, 0.1) is 0 Å². The first-order valence-corrected chi connectivity index (χ1v) is 18.0. The average Bonchev–Trinajstić information content (AvgIpc) is 3.21. The number of hydrogen-bond donors (Lipinski definition) is 0. The number of rotatable bonds is 9. The molecule has 2 aliphatic carbocycles. The number of nitrogens with zero attached hydrogens (tertiary/aromatic N) is 2. The number of anilines is 4. The van der Waals surface area contributed by atoms with E-state index in [-0.39, 0.29) is 0 Å². The second kappa shape index (κ2) is 14.7. The molecule has 0 fully saturated rings. The van der Waals surface area contributed by atoms with Gasteiger partial charge in [0.15, 0.2) is 0 Å². The highest BCUT2D eigenvalue weighted by atomic mass is 15.2. The molecule has 0 spiro atoms. The topological polar surface area (TPSA) is 6.48 Å². The van der Waals surface area contributed by atoms with Crippen LogP contribution in [0.15, 0.2) is 193 Å². The molecular formula is C48H42N2. The summed E-state index contributed by atoms with van der Waals surface area (Å²) in [4.78, 5) is 4.77. The monoisotopic (exact) mass is 646 g/mol. The molecule has 2 heteroatoms. The van der Waals surface area contributed by atoms with Crippen LogP contribution in [0.4, 0.5) is 22.7 Å². The summed E-state index contributed by atoms with van der Waals surface area (Å²) < 4.78 is 0. The van der Waals surface area contributed by atoms with Gasteiger partial charge in [0.2, 0.25) is 0 Å². The van der Waals surface area contributed by atoms with Crippen molar-refractivity contribution in [2.75, 3.05) is 9.80 Å². The van der Waals surface area contributed by atoms with Crippen LogP contribution >= 0.6 is 0 Å². The van der Waals surface area contributed by atoms with E-state index in [2.05, 4.69) is 192 Å². The SMILES string of the molecule is C1=CC(N(C2=CCCCC2)c2ccc(-c3ccc(-c4ccc(-c5ccc(N(c6ccccc6)c6ccccc6)cc5)cc4)cc3)cc2)=CCC1. The minimum absolute atomic E-state index is 1.11. The summed E-state index contributed by atoms with van der Waals surface area (Å²) in [5.74, 6) is 0. The zero-order valence-electron chi connectivity index (χ0n) is 28.5. The fourth-order valence-electron chi connectivity index (χ4n) is 7.19. The standard InChI is InChI=1S/C48H42N2/c1-5-13-43(14-6-1)49(44-15-7-2-8-16-44)47-33-29-41(30-34-47)39-25-21-37(22-26-39)38-23-27-40(28-24-38)42-31-35-48(36-32-42)50(45-17-9-3-10-18-45)46-19-11-4-12-20-46/h1-2,5-9,13-19,21-36H,3-4,10-12,20H2. The fraction of sp³-hybridized carbons (Fsp3) is 0.125. The lowest BCUT2D eigenvalue weighted by Gasteiger charge is -2.31. The van der Waals surface area contributed by atoms with Gasteiger partial charge in [-0.1, -0.05) is 127 Å². The van der Waals surface area contributed by atoms with E-state index in [0.29, 0.717) is 0 Å². The Hall–Kier alpha value is -5.86. The van der Waals surface area contributed by atoms with E-state index in [1.807, 2.05) is 0 Å². The third kappa shape index (κ3) is 6.84. The van der Waals surface area contributed by atoms with Crippen molar-refractivity contribution in [1.29, 1.82) is 0 Å². The predicted molar refractivity (Wildman–Crippen MR) is 213 cm³/mol. The smallest absolute Gasteiger partial charge is 0.0462 e. The van der Waals surface area contributed by atoms with Gasteiger partial charge in [-0.2, -0.15) is 0 Å². The Balaban J connectivity index is 0.976. The van der Waals surface area contributed by atoms with Gasteiger partial charge in [0.05, 0.1) is 0 Å². The zero-order valence-corrected chi connectivity index (χ0v) is 28.5. The van der Waals surface area contributed by atoms with Crippen LogP contribution in [0.5, 0.6) is 0 Å². The molecule has 50 heavy (non-hydrogen) atoms. The van der Waals surface area contributed by atoms with Crippen molar-refractivity contribution in [1.82, 2.24) is 0 Å². The molecule has 0 saturated heterocycles. The molecular weight excluding hydrogens is 605 g/mol. The predicted octanol–water partition coefficient (Wildman–Crippen LogP) is 13.7. The minimum Gasteiger partial charge on any atom is -0.315 e. The normalized spacial score (nSPS) is 14.1. The maximum absolute atomic E-state index is 2.48. The minimum atomic E-state index is 1.11. The molecule has 0 heterocycles. The van der Waals surface area contributed by atoms with Gasteiger partial charge < -0.3 is 9.80 Å². The lowest BCUT2D eigenvalue weighted by atomic mass is 9.97. The summed E-state index contributed by atoms with van der Waals surface area (Å²) in [6.07, 6.45) is 16.5. The summed E-state index contributed by atoms with van der Waals surface area (Å²) >= 11 is 0. The number of para-hydroxylation sites is 2. The van der Waals surface area contributed by atoms with Crippen molar-refractivity contribution in [3.05, 3.63) is 193 Å². The van der Waals surface area contributed by atoms with Crippen LogP contribution in [0.25, 0.3) is 33.4 Å². The summed E-state index contributed by atoms with van der Waals surface area (Å²) in [7, 11) is 0. The molecule has 6 aromatic rings. The molecule has 0 atom stereocenters. The van der Waals surface area contributed by atoms with Gasteiger partial charge in [0.25, 0.3) is 0 Å². The van der Waals surface area contributed by atoms with Crippen molar-refractivity contribution in [2.24, 2.45) is 0 Å².